The van der Waals surface area contributed by atoms with Crippen LogP contribution in [-0.4, -0.2) is 59.8 Å². The van der Waals surface area contributed by atoms with Crippen molar-refractivity contribution in [3.05, 3.63) is 47.4 Å². The maximum absolute atomic E-state index is 13.3. The molecule has 25 heavy (non-hydrogen) atoms. The lowest BCUT2D eigenvalue weighted by Gasteiger charge is -2.35. The summed E-state index contributed by atoms with van der Waals surface area (Å²) in [6, 6.07) is 7.93. The molecule has 1 aliphatic heterocycles. The number of hydrogen-bond acceptors (Lipinski definition) is 6. The van der Waals surface area contributed by atoms with Crippen LogP contribution in [0.15, 0.2) is 30.3 Å². The van der Waals surface area contributed by atoms with Crippen molar-refractivity contribution in [1.82, 2.24) is 14.9 Å². The van der Waals surface area contributed by atoms with Crippen molar-refractivity contribution < 1.29 is 14.2 Å². The van der Waals surface area contributed by atoms with Crippen molar-refractivity contribution in [2.45, 2.75) is 13.0 Å². The van der Waals surface area contributed by atoms with Crippen molar-refractivity contribution in [2.24, 2.45) is 0 Å². The highest BCUT2D eigenvalue weighted by atomic mass is 19.1. The lowest BCUT2D eigenvalue weighted by atomic mass is 10.1. The normalized spacial score (nSPS) is 16.7. The van der Waals surface area contributed by atoms with Gasteiger partial charge in [-0.15, -0.1) is 0 Å². The molecule has 7 heteroatoms. The molecule has 0 unspecified atom stereocenters. The molecule has 2 heterocycles. The van der Waals surface area contributed by atoms with Gasteiger partial charge in [-0.05, 0) is 24.6 Å². The van der Waals surface area contributed by atoms with Gasteiger partial charge in [-0.1, -0.05) is 12.1 Å². The van der Waals surface area contributed by atoms with Crippen LogP contribution in [0.4, 0.5) is 10.3 Å². The lowest BCUT2D eigenvalue weighted by molar-refractivity contribution is 0.109. The van der Waals surface area contributed by atoms with Crippen LogP contribution in [0.3, 0.4) is 0 Å². The zero-order valence-corrected chi connectivity index (χ0v) is 14.5. The van der Waals surface area contributed by atoms with E-state index in [1.165, 1.54) is 12.1 Å². The van der Waals surface area contributed by atoms with E-state index in [-0.39, 0.29) is 5.82 Å². The van der Waals surface area contributed by atoms with Gasteiger partial charge in [0.05, 0.1) is 13.2 Å². The molecular formula is C18H23FN4O2. The number of aliphatic hydroxyl groups is 1. The minimum atomic E-state index is -0.697. The largest absolute Gasteiger partial charge is 0.481 e. The number of aryl methyl sites for hydroxylation is 1. The van der Waals surface area contributed by atoms with E-state index in [0.717, 1.165) is 31.9 Å². The summed E-state index contributed by atoms with van der Waals surface area (Å²) in [5, 5.41) is 10.3. The standard InChI is InChI=1S/C18H23FN4O2/c1-13-10-17(25-2)21-18(20-13)23-8-6-22(7-9-23)12-16(24)14-4-3-5-15(19)11-14/h3-5,10-11,16,24H,6-9,12H2,1-2H3/t16-/m0/s1. The Morgan fingerprint density at radius 1 is 1.20 bits per heavy atom. The molecular weight excluding hydrogens is 323 g/mol. The van der Waals surface area contributed by atoms with Crippen molar-refractivity contribution in [1.29, 1.82) is 0 Å². The van der Waals surface area contributed by atoms with E-state index < -0.39 is 6.10 Å². The fourth-order valence-corrected chi connectivity index (χ4v) is 2.96. The van der Waals surface area contributed by atoms with Gasteiger partial charge in [0.25, 0.3) is 0 Å². The van der Waals surface area contributed by atoms with Gasteiger partial charge < -0.3 is 14.7 Å². The maximum Gasteiger partial charge on any atom is 0.228 e. The van der Waals surface area contributed by atoms with E-state index in [2.05, 4.69) is 19.8 Å². The Morgan fingerprint density at radius 2 is 1.96 bits per heavy atom. The summed E-state index contributed by atoms with van der Waals surface area (Å²) in [7, 11) is 1.59. The number of ether oxygens (including phenoxy) is 1. The average Bonchev–Trinajstić information content (AvgIpc) is 2.61. The van der Waals surface area contributed by atoms with Crippen LogP contribution in [-0.2, 0) is 0 Å². The average molecular weight is 346 g/mol. The second-order valence-electron chi connectivity index (χ2n) is 6.21. The smallest absolute Gasteiger partial charge is 0.228 e. The molecule has 0 radical (unpaired) electrons. The van der Waals surface area contributed by atoms with Crippen LogP contribution in [0.25, 0.3) is 0 Å². The van der Waals surface area contributed by atoms with Crippen molar-refractivity contribution in [3.8, 4) is 5.88 Å². The molecule has 0 spiro atoms. The van der Waals surface area contributed by atoms with Crippen LogP contribution in [0.5, 0.6) is 5.88 Å². The Kier molecular flexibility index (Phi) is 5.45. The molecule has 1 aromatic carbocycles. The third-order valence-corrected chi connectivity index (χ3v) is 4.35. The van der Waals surface area contributed by atoms with Gasteiger partial charge >= 0.3 is 0 Å². The van der Waals surface area contributed by atoms with Gasteiger partial charge in [0.15, 0.2) is 0 Å². The molecule has 6 nitrogen and oxygen atoms in total. The molecule has 134 valence electrons. The van der Waals surface area contributed by atoms with E-state index in [4.69, 9.17) is 4.74 Å². The Bertz CT molecular complexity index is 720. The molecule has 1 fully saturated rings. The molecule has 1 atom stereocenters. The Morgan fingerprint density at radius 3 is 2.64 bits per heavy atom. The summed E-state index contributed by atoms with van der Waals surface area (Å²) in [6.07, 6.45) is -0.697. The number of benzene rings is 1. The second-order valence-corrected chi connectivity index (χ2v) is 6.21. The van der Waals surface area contributed by atoms with Crippen LogP contribution in [0, 0.1) is 12.7 Å². The van der Waals surface area contributed by atoms with Gasteiger partial charge in [0.2, 0.25) is 11.8 Å². The van der Waals surface area contributed by atoms with Gasteiger partial charge in [-0.2, -0.15) is 4.98 Å². The first-order chi connectivity index (χ1) is 12.0. The fraction of sp³-hybridized carbons (Fsp3) is 0.444. The summed E-state index contributed by atoms with van der Waals surface area (Å²) in [5.41, 5.74) is 1.47. The SMILES string of the molecule is COc1cc(C)nc(N2CCN(C[C@H](O)c3cccc(F)c3)CC2)n1. The van der Waals surface area contributed by atoms with E-state index >= 15 is 0 Å². The van der Waals surface area contributed by atoms with E-state index in [1.807, 2.05) is 6.92 Å². The predicted octanol–water partition coefficient (Wildman–Crippen LogP) is 1.79. The first kappa shape index (κ1) is 17.6. The Hall–Kier alpha value is -2.25. The molecule has 1 N–H and O–H groups in total. The molecule has 1 aliphatic rings. The van der Waals surface area contributed by atoms with Gasteiger partial charge in [0, 0.05) is 44.5 Å². The number of rotatable bonds is 5. The number of aromatic nitrogens is 2. The summed E-state index contributed by atoms with van der Waals surface area (Å²) in [5.74, 6) is 0.903. The molecule has 1 aromatic heterocycles. The minimum absolute atomic E-state index is 0.327. The molecule has 0 saturated carbocycles. The number of methoxy groups -OCH3 is 1. The lowest BCUT2D eigenvalue weighted by Crippen LogP contribution is -2.48. The van der Waals surface area contributed by atoms with Crippen LogP contribution < -0.4 is 9.64 Å². The van der Waals surface area contributed by atoms with Gasteiger partial charge in [-0.25, -0.2) is 9.37 Å². The van der Waals surface area contributed by atoms with Crippen molar-refractivity contribution in [3.63, 3.8) is 0 Å². The van der Waals surface area contributed by atoms with Crippen LogP contribution in [0.1, 0.15) is 17.4 Å². The molecule has 0 bridgehead atoms. The number of halogens is 1. The van der Waals surface area contributed by atoms with E-state index in [1.54, 1.807) is 25.3 Å². The van der Waals surface area contributed by atoms with Crippen molar-refractivity contribution in [2.75, 3.05) is 44.7 Å². The first-order valence-electron chi connectivity index (χ1n) is 8.35. The number of nitrogens with zero attached hydrogens (tertiary/aromatic N) is 4. The third-order valence-electron chi connectivity index (χ3n) is 4.35. The molecule has 2 aromatic rings. The Labute approximate surface area is 146 Å². The van der Waals surface area contributed by atoms with Crippen molar-refractivity contribution >= 4 is 5.95 Å². The summed E-state index contributed by atoms with van der Waals surface area (Å²) in [4.78, 5) is 13.2. The Balaban J connectivity index is 1.57. The number of aliphatic hydroxyl groups excluding tert-OH is 1. The van der Waals surface area contributed by atoms with Gasteiger partial charge in [0.1, 0.15) is 5.82 Å². The monoisotopic (exact) mass is 346 g/mol. The summed E-state index contributed by atoms with van der Waals surface area (Å²) in [6.45, 7) is 5.50. The summed E-state index contributed by atoms with van der Waals surface area (Å²) < 4.78 is 18.5. The summed E-state index contributed by atoms with van der Waals surface area (Å²) >= 11 is 0. The zero-order valence-electron chi connectivity index (χ0n) is 14.5. The second kappa shape index (κ2) is 7.76. The first-order valence-corrected chi connectivity index (χ1v) is 8.35. The maximum atomic E-state index is 13.3. The zero-order chi connectivity index (χ0) is 17.8. The number of anilines is 1. The highest BCUT2D eigenvalue weighted by molar-refractivity contribution is 5.35. The number of β-amino-alcohol motifs (C(OH)–C–C–N with tert-alkyl or cyclic N) is 1. The van der Waals surface area contributed by atoms with Crippen LogP contribution in [0.2, 0.25) is 0 Å². The molecule has 1 saturated heterocycles. The number of piperazine rings is 1. The van der Waals surface area contributed by atoms with Gasteiger partial charge in [-0.3, -0.25) is 4.90 Å². The molecule has 0 amide bonds. The van der Waals surface area contributed by atoms with Crippen LogP contribution >= 0.6 is 0 Å². The van der Waals surface area contributed by atoms with E-state index in [0.29, 0.717) is 23.9 Å². The quantitative estimate of drug-likeness (QED) is 0.891. The minimum Gasteiger partial charge on any atom is -0.481 e. The fourth-order valence-electron chi connectivity index (χ4n) is 2.96. The predicted molar refractivity (Wildman–Crippen MR) is 93.3 cm³/mol. The topological polar surface area (TPSA) is 61.7 Å². The highest BCUT2D eigenvalue weighted by Crippen LogP contribution is 2.19. The molecule has 0 aliphatic carbocycles. The molecule has 3 rings (SSSR count). The van der Waals surface area contributed by atoms with E-state index in [9.17, 15) is 9.50 Å². The number of hydrogen-bond donors (Lipinski definition) is 1. The highest BCUT2D eigenvalue weighted by Gasteiger charge is 2.22. The third kappa shape index (κ3) is 4.43.